The second kappa shape index (κ2) is 9.91. The Hall–Kier alpha value is -3.03. The Balaban J connectivity index is 1.34. The van der Waals surface area contributed by atoms with Gasteiger partial charge in [0.25, 0.3) is 18.6 Å². The normalized spacial score (nSPS) is 18.6. The molecule has 2 atom stereocenters. The van der Waals surface area contributed by atoms with Gasteiger partial charge in [-0.05, 0) is 24.6 Å². The van der Waals surface area contributed by atoms with E-state index in [0.29, 0.717) is 59.9 Å². The fourth-order valence-electron chi connectivity index (χ4n) is 4.19. The quantitative estimate of drug-likeness (QED) is 0.505. The van der Waals surface area contributed by atoms with E-state index in [1.165, 1.54) is 11.3 Å². The molecule has 2 unspecified atom stereocenters. The predicted molar refractivity (Wildman–Crippen MR) is 121 cm³/mol. The lowest BCUT2D eigenvalue weighted by atomic mass is 10.1. The molecule has 4 heterocycles. The Kier molecular flexibility index (Phi) is 6.71. The molecule has 1 saturated heterocycles. The van der Waals surface area contributed by atoms with Crippen LogP contribution in [0.1, 0.15) is 28.0 Å². The first-order valence-electron chi connectivity index (χ1n) is 11.2. The van der Waals surface area contributed by atoms with E-state index in [4.69, 9.17) is 4.74 Å². The largest absolute Gasteiger partial charge is 0.492 e. The summed E-state index contributed by atoms with van der Waals surface area (Å²) in [5.74, 6) is 0.168. The number of nitrogens with zero attached hydrogens (tertiary/aromatic N) is 5. The molecular weight excluding hydrogens is 485 g/mol. The van der Waals surface area contributed by atoms with Gasteiger partial charge in [-0.1, -0.05) is 0 Å². The van der Waals surface area contributed by atoms with Crippen LogP contribution in [0.4, 0.5) is 13.2 Å². The number of alkyl halides is 3. The van der Waals surface area contributed by atoms with Gasteiger partial charge in [0.1, 0.15) is 12.1 Å². The lowest BCUT2D eigenvalue weighted by molar-refractivity contribution is 0.00166. The van der Waals surface area contributed by atoms with Crippen molar-refractivity contribution in [2.75, 3.05) is 32.8 Å². The van der Waals surface area contributed by atoms with Gasteiger partial charge in [-0.3, -0.25) is 9.69 Å². The third-order valence-corrected chi connectivity index (χ3v) is 7.06. The van der Waals surface area contributed by atoms with Crippen LogP contribution < -0.4 is 10.1 Å². The van der Waals surface area contributed by atoms with E-state index in [9.17, 15) is 23.1 Å². The van der Waals surface area contributed by atoms with Crippen LogP contribution in [0.2, 0.25) is 0 Å². The Morgan fingerprint density at radius 3 is 2.97 bits per heavy atom. The maximum absolute atomic E-state index is 14.0. The van der Waals surface area contributed by atoms with Crippen molar-refractivity contribution < 1.29 is 27.8 Å². The second-order valence-corrected chi connectivity index (χ2v) is 9.42. The summed E-state index contributed by atoms with van der Waals surface area (Å²) in [6, 6.07) is 5.05. The molecule has 2 aliphatic rings. The molecule has 0 saturated carbocycles. The maximum Gasteiger partial charge on any atom is 0.289 e. The van der Waals surface area contributed by atoms with Gasteiger partial charge >= 0.3 is 0 Å². The number of aliphatic hydroxyl groups excluding tert-OH is 1. The van der Waals surface area contributed by atoms with Crippen LogP contribution in [0.25, 0.3) is 22.1 Å². The molecule has 2 aliphatic heterocycles. The Bertz CT molecular complexity index is 1220. The summed E-state index contributed by atoms with van der Waals surface area (Å²) >= 11 is 1.22. The van der Waals surface area contributed by atoms with Crippen molar-refractivity contribution in [2.24, 2.45) is 0 Å². The number of hydrogen-bond donors (Lipinski definition) is 2. The van der Waals surface area contributed by atoms with Gasteiger partial charge in [-0.25, -0.2) is 27.8 Å². The number of aliphatic hydroxyl groups is 1. The van der Waals surface area contributed by atoms with Crippen molar-refractivity contribution in [1.82, 2.24) is 30.0 Å². The molecule has 0 bridgehead atoms. The summed E-state index contributed by atoms with van der Waals surface area (Å²) in [6.45, 7) is 2.87. The second-order valence-electron chi connectivity index (χ2n) is 8.33. The topological polar surface area (TPSA) is 105 Å². The number of likely N-dealkylation sites (tertiary alicyclic amines) is 1. The summed E-state index contributed by atoms with van der Waals surface area (Å²) in [7, 11) is 0. The number of rotatable bonds is 7. The first kappa shape index (κ1) is 23.7. The van der Waals surface area contributed by atoms with Gasteiger partial charge in [0, 0.05) is 48.6 Å². The number of hydrogen-bond acceptors (Lipinski definition) is 8. The molecule has 2 aromatic heterocycles. The fourth-order valence-corrected chi connectivity index (χ4v) is 5.24. The molecule has 0 spiro atoms. The summed E-state index contributed by atoms with van der Waals surface area (Å²) in [5, 5.41) is 16.4. The number of carbonyl (C=O) groups is 1. The smallest absolute Gasteiger partial charge is 0.289 e. The standard InChI is InChI=1S/C22H23F3N6O3S/c23-18(24)19(25)31-20(27-11-28-31)22-29-17-14-2-1-12(9-15(14)34-8-4-16(17)35-22)21(33)26-5-7-30-6-3-13(32)10-30/h1-2,9,11,13,18-19,32H,3-8,10H2,(H,26,33). The van der Waals surface area contributed by atoms with Gasteiger partial charge in [-0.2, -0.15) is 5.10 Å². The van der Waals surface area contributed by atoms with Crippen LogP contribution in [-0.2, 0) is 6.42 Å². The van der Waals surface area contributed by atoms with Crippen molar-refractivity contribution in [1.29, 1.82) is 0 Å². The maximum atomic E-state index is 14.0. The lowest BCUT2D eigenvalue weighted by Gasteiger charge is -2.15. The molecule has 2 N–H and O–H groups in total. The van der Waals surface area contributed by atoms with E-state index in [1.807, 2.05) is 0 Å². The highest BCUT2D eigenvalue weighted by Gasteiger charge is 2.29. The van der Waals surface area contributed by atoms with Crippen LogP contribution >= 0.6 is 11.3 Å². The van der Waals surface area contributed by atoms with Crippen LogP contribution in [-0.4, -0.2) is 81.0 Å². The monoisotopic (exact) mass is 508 g/mol. The minimum atomic E-state index is -3.24. The zero-order valence-corrected chi connectivity index (χ0v) is 19.3. The number of carbonyl (C=O) groups excluding carboxylic acids is 1. The van der Waals surface area contributed by atoms with Crippen molar-refractivity contribution in [3.8, 4) is 27.8 Å². The first-order valence-corrected chi connectivity index (χ1v) is 12.0. The average Bonchev–Trinajstić information content (AvgIpc) is 3.56. The van der Waals surface area contributed by atoms with Crippen LogP contribution in [0.15, 0.2) is 24.5 Å². The zero-order chi connectivity index (χ0) is 24.5. The summed E-state index contributed by atoms with van der Waals surface area (Å²) < 4.78 is 46.1. The minimum Gasteiger partial charge on any atom is -0.492 e. The predicted octanol–water partition coefficient (Wildman–Crippen LogP) is 2.53. The zero-order valence-electron chi connectivity index (χ0n) is 18.5. The minimum absolute atomic E-state index is 0.0696. The number of nitrogens with one attached hydrogen (secondary N) is 1. The third-order valence-electron chi connectivity index (χ3n) is 5.95. The molecule has 9 nitrogen and oxygen atoms in total. The van der Waals surface area contributed by atoms with Gasteiger partial charge < -0.3 is 15.2 Å². The van der Waals surface area contributed by atoms with Gasteiger partial charge in [0.05, 0.1) is 18.4 Å². The number of fused-ring (bicyclic) bond motifs is 3. The molecule has 3 aromatic rings. The number of thiazole rings is 1. The van der Waals surface area contributed by atoms with E-state index >= 15 is 0 Å². The SMILES string of the molecule is O=C(NCCN1CCC(O)C1)c1ccc2c(c1)OCCc1sc(-c3ncnn3C(F)C(F)F)nc1-2. The molecular formula is C22H23F3N6O3S. The highest BCUT2D eigenvalue weighted by molar-refractivity contribution is 7.15. The summed E-state index contributed by atoms with van der Waals surface area (Å²) in [4.78, 5) is 24.1. The molecule has 0 radical (unpaired) electrons. The highest BCUT2D eigenvalue weighted by atomic mass is 32.1. The third kappa shape index (κ3) is 4.88. The van der Waals surface area contributed by atoms with Crippen LogP contribution in [0.5, 0.6) is 5.75 Å². The Morgan fingerprint density at radius 1 is 1.34 bits per heavy atom. The fraction of sp³-hybridized carbons (Fsp3) is 0.455. The van der Waals surface area contributed by atoms with E-state index in [-0.39, 0.29) is 22.8 Å². The number of aromatic nitrogens is 4. The first-order chi connectivity index (χ1) is 16.9. The number of amides is 1. The van der Waals surface area contributed by atoms with Crippen LogP contribution in [0.3, 0.4) is 0 Å². The molecule has 186 valence electrons. The Labute approximate surface area is 202 Å². The van der Waals surface area contributed by atoms with E-state index in [1.54, 1.807) is 18.2 Å². The summed E-state index contributed by atoms with van der Waals surface area (Å²) in [5.41, 5.74) is 1.67. The van der Waals surface area contributed by atoms with Crippen molar-refractivity contribution in [3.05, 3.63) is 35.0 Å². The molecule has 5 rings (SSSR count). The number of β-amino-alcohol motifs (C(OH)–C–C–N with tert-alkyl or cyclic N) is 1. The molecule has 35 heavy (non-hydrogen) atoms. The van der Waals surface area contributed by atoms with Crippen LogP contribution in [0, 0.1) is 0 Å². The number of benzene rings is 1. The van der Waals surface area contributed by atoms with Crippen molar-refractivity contribution in [3.63, 3.8) is 0 Å². The number of ether oxygens (including phenoxy) is 1. The molecule has 1 amide bonds. The molecule has 1 aromatic carbocycles. The average molecular weight is 509 g/mol. The van der Waals surface area contributed by atoms with Gasteiger partial charge in [-0.15, -0.1) is 11.3 Å². The molecule has 0 aliphatic carbocycles. The summed E-state index contributed by atoms with van der Waals surface area (Å²) in [6.07, 6.45) is -3.90. The van der Waals surface area contributed by atoms with Crippen molar-refractivity contribution >= 4 is 17.2 Å². The molecule has 1 fully saturated rings. The lowest BCUT2D eigenvalue weighted by Crippen LogP contribution is -2.34. The van der Waals surface area contributed by atoms with Gasteiger partial charge in [0.15, 0.2) is 10.8 Å². The van der Waals surface area contributed by atoms with E-state index in [0.717, 1.165) is 24.2 Å². The van der Waals surface area contributed by atoms with Crippen molar-refractivity contribution in [2.45, 2.75) is 31.7 Å². The van der Waals surface area contributed by atoms with Gasteiger partial charge in [0.2, 0.25) is 0 Å². The highest BCUT2D eigenvalue weighted by Crippen LogP contribution is 2.40. The molecule has 13 heteroatoms. The van der Waals surface area contributed by atoms with E-state index in [2.05, 4.69) is 25.3 Å². The Morgan fingerprint density at radius 2 is 2.20 bits per heavy atom. The number of halogens is 3. The van der Waals surface area contributed by atoms with E-state index < -0.39 is 12.7 Å².